The molecule has 8 bridgehead atoms. The summed E-state index contributed by atoms with van der Waals surface area (Å²) in [5.74, 6) is 1.67. The SMILES string of the molecule is Cc1ccc(-c2c3nc(nc4[n-]c(nc5nc(nc6[n-]c2c2cc7ccccc7cc62)-c2cc6ccccc6cc2-5)c2cc5ccccc5cc42)-c2cc4ccccc4cc2-3)cc1.[Pt+2]. The topological polar surface area (TPSA) is 92.7 Å². The van der Waals surface area contributed by atoms with Crippen LogP contribution < -0.4 is 9.97 Å². The average molecular weight is 997 g/mol. The number of fused-ring (bicyclic) bond motifs is 24. The molecule has 12 aromatic rings. The quantitative estimate of drug-likeness (QED) is 0.162. The fraction of sp³-hybridized carbons (Fsp3) is 0.0179. The van der Waals surface area contributed by atoms with Gasteiger partial charge < -0.3 is 24.9 Å². The van der Waals surface area contributed by atoms with Crippen LogP contribution in [0.5, 0.6) is 0 Å². The second kappa shape index (κ2) is 13.8. The molecular weight excluding hydrogens is 966 g/mol. The van der Waals surface area contributed by atoms with Gasteiger partial charge in [0.25, 0.3) is 0 Å². The Morgan fingerprint density at radius 3 is 1.17 bits per heavy atom. The molecule has 64 heavy (non-hydrogen) atoms. The summed E-state index contributed by atoms with van der Waals surface area (Å²) in [6, 6.07) is 59.9. The average Bonchev–Trinajstić information content (AvgIpc) is 4.04. The van der Waals surface area contributed by atoms with Gasteiger partial charge in [-0.3, -0.25) is 0 Å². The van der Waals surface area contributed by atoms with Gasteiger partial charge in [-0.25, -0.2) is 9.97 Å². The standard InChI is InChI=1S/C56H31N7.Pt/c1-30-18-20-31(21-19-30)48-49-40-22-32-10-2-4-12-34(32)24-42(40)51(57-49)59-53-44-26-36-14-6-8-16-38(36)28-46(44)55(61-53)63-56-47-29-39-17-9-7-15-37(39)27-45(47)54(62-56)60-52-43-25-35-13-5-3-11-33(35)23-41(43)50(48)58-52;/h2-29H,1H3;/q-2;+2. The normalized spacial score (nSPS) is 12.0. The van der Waals surface area contributed by atoms with Crippen LogP contribution in [0.1, 0.15) is 5.56 Å². The van der Waals surface area contributed by atoms with Crippen LogP contribution in [0.25, 0.3) is 144 Å². The molecule has 0 spiro atoms. The second-order valence-corrected chi connectivity index (χ2v) is 16.6. The zero-order valence-electron chi connectivity index (χ0n) is 34.1. The fourth-order valence-electron chi connectivity index (χ4n) is 9.66. The molecule has 0 N–H and O–H groups in total. The van der Waals surface area contributed by atoms with Gasteiger partial charge in [-0.15, -0.1) is 0 Å². The monoisotopic (exact) mass is 996 g/mol. The van der Waals surface area contributed by atoms with E-state index in [1.807, 2.05) is 0 Å². The van der Waals surface area contributed by atoms with E-state index in [1.54, 1.807) is 0 Å². The molecule has 0 amide bonds. The first-order valence-corrected chi connectivity index (χ1v) is 21.1. The number of hydrogen-bond donors (Lipinski definition) is 0. The summed E-state index contributed by atoms with van der Waals surface area (Å²) in [5.41, 5.74) is 10.0. The van der Waals surface area contributed by atoms with Crippen molar-refractivity contribution in [2.75, 3.05) is 0 Å². The molecule has 2 aliphatic heterocycles. The third kappa shape index (κ3) is 5.54. The van der Waals surface area contributed by atoms with Gasteiger partial charge in [-0.05, 0) is 137 Å². The van der Waals surface area contributed by atoms with Crippen molar-refractivity contribution in [2.24, 2.45) is 0 Å². The molecule has 7 nitrogen and oxygen atoms in total. The van der Waals surface area contributed by atoms with Crippen molar-refractivity contribution in [1.29, 1.82) is 0 Å². The number of rotatable bonds is 1. The van der Waals surface area contributed by atoms with Gasteiger partial charge in [0.1, 0.15) is 0 Å². The molecule has 0 atom stereocenters. The summed E-state index contributed by atoms with van der Waals surface area (Å²) in [6.07, 6.45) is 0. The predicted molar refractivity (Wildman–Crippen MR) is 256 cm³/mol. The van der Waals surface area contributed by atoms with E-state index in [2.05, 4.69) is 177 Å². The molecule has 0 fully saturated rings. The van der Waals surface area contributed by atoms with Gasteiger partial charge >= 0.3 is 21.1 Å². The minimum atomic E-state index is 0. The number of hydrogen-bond acceptors (Lipinski definition) is 5. The molecule has 0 saturated heterocycles. The maximum Gasteiger partial charge on any atom is 2.00 e. The van der Waals surface area contributed by atoms with E-state index in [-0.39, 0.29) is 21.1 Å². The maximum atomic E-state index is 5.56. The first-order valence-electron chi connectivity index (χ1n) is 21.1. The Morgan fingerprint density at radius 2 is 0.703 bits per heavy atom. The Morgan fingerprint density at radius 1 is 0.344 bits per heavy atom. The largest absolute Gasteiger partial charge is 2.00 e. The van der Waals surface area contributed by atoms with Crippen LogP contribution in [0.3, 0.4) is 0 Å². The van der Waals surface area contributed by atoms with Crippen LogP contribution in [-0.4, -0.2) is 24.9 Å². The van der Waals surface area contributed by atoms with Crippen molar-refractivity contribution >= 4 is 87.1 Å². The molecule has 2 aliphatic rings. The summed E-state index contributed by atoms with van der Waals surface area (Å²) in [7, 11) is 0. The van der Waals surface area contributed by atoms with Crippen molar-refractivity contribution in [3.05, 3.63) is 175 Å². The van der Waals surface area contributed by atoms with Crippen molar-refractivity contribution < 1.29 is 21.1 Å². The van der Waals surface area contributed by atoms with E-state index in [4.69, 9.17) is 34.9 Å². The summed E-state index contributed by atoms with van der Waals surface area (Å²) < 4.78 is 0. The zero-order valence-corrected chi connectivity index (χ0v) is 36.4. The van der Waals surface area contributed by atoms with E-state index < -0.39 is 0 Å². The second-order valence-electron chi connectivity index (χ2n) is 16.6. The Bertz CT molecular complexity index is 4170. The van der Waals surface area contributed by atoms with Gasteiger partial charge in [-0.2, -0.15) is 0 Å². The first kappa shape index (κ1) is 36.8. The van der Waals surface area contributed by atoms with Crippen LogP contribution in [-0.2, 0) is 21.1 Å². The van der Waals surface area contributed by atoms with E-state index in [0.29, 0.717) is 34.4 Å². The van der Waals surface area contributed by atoms with Crippen LogP contribution in [0, 0.1) is 6.92 Å². The van der Waals surface area contributed by atoms with Crippen LogP contribution >= 0.6 is 0 Å². The Hall–Kier alpha value is -7.86. The Balaban J connectivity index is 0.00000413. The molecule has 0 saturated carbocycles. The van der Waals surface area contributed by atoms with Gasteiger partial charge in [0.15, 0.2) is 0 Å². The summed E-state index contributed by atoms with van der Waals surface area (Å²) in [6.45, 7) is 2.11. The summed E-state index contributed by atoms with van der Waals surface area (Å²) >= 11 is 0. The molecule has 0 radical (unpaired) electrons. The molecule has 0 aliphatic carbocycles. The van der Waals surface area contributed by atoms with Gasteiger partial charge in [0.2, 0.25) is 0 Å². The third-order valence-corrected chi connectivity index (χ3v) is 12.8. The van der Waals surface area contributed by atoms with Crippen molar-refractivity contribution in [2.45, 2.75) is 6.92 Å². The third-order valence-electron chi connectivity index (χ3n) is 12.8. The Kier molecular flexibility index (Phi) is 7.94. The maximum absolute atomic E-state index is 5.56. The van der Waals surface area contributed by atoms with Crippen molar-refractivity contribution in [1.82, 2.24) is 34.9 Å². The first-order chi connectivity index (χ1) is 31.1. The smallest absolute Gasteiger partial charge is 0.435 e. The molecule has 5 heterocycles. The molecule has 14 rings (SSSR count). The minimum Gasteiger partial charge on any atom is -0.435 e. The summed E-state index contributed by atoms with van der Waals surface area (Å²) in [5, 5.41) is 12.5. The summed E-state index contributed by atoms with van der Waals surface area (Å²) in [4.78, 5) is 37.8. The van der Waals surface area contributed by atoms with Gasteiger partial charge in [-0.1, -0.05) is 127 Å². The van der Waals surface area contributed by atoms with E-state index in [9.17, 15) is 0 Å². The van der Waals surface area contributed by atoms with Crippen molar-refractivity contribution in [3.63, 3.8) is 0 Å². The number of aryl methyl sites for hydroxylation is 1. The molecule has 9 aromatic carbocycles. The molecular formula is C56H31N7Pt. The zero-order chi connectivity index (χ0) is 41.3. The van der Waals surface area contributed by atoms with Crippen LogP contribution in [0.2, 0.25) is 0 Å². The van der Waals surface area contributed by atoms with Crippen LogP contribution in [0.15, 0.2) is 170 Å². The van der Waals surface area contributed by atoms with E-state index >= 15 is 0 Å². The van der Waals surface area contributed by atoms with Gasteiger partial charge in [0, 0.05) is 39.1 Å². The van der Waals surface area contributed by atoms with E-state index in [0.717, 1.165) is 115 Å². The Labute approximate surface area is 379 Å². The fourth-order valence-corrected chi connectivity index (χ4v) is 9.66. The molecule has 3 aromatic heterocycles. The number of aromatic nitrogens is 7. The van der Waals surface area contributed by atoms with E-state index in [1.165, 1.54) is 0 Å². The molecule has 0 unspecified atom stereocenters. The van der Waals surface area contributed by atoms with Crippen LogP contribution in [0.4, 0.5) is 0 Å². The number of benzene rings is 9. The van der Waals surface area contributed by atoms with Crippen molar-refractivity contribution in [3.8, 4) is 56.5 Å². The van der Waals surface area contributed by atoms with Gasteiger partial charge in [0.05, 0.1) is 23.2 Å². The minimum absolute atomic E-state index is 0. The number of nitrogens with zero attached hydrogens (tertiary/aromatic N) is 7. The molecule has 300 valence electrons. The molecule has 8 heteroatoms. The predicted octanol–water partition coefficient (Wildman–Crippen LogP) is 13.3.